The van der Waals surface area contributed by atoms with E-state index in [0.29, 0.717) is 56.0 Å². The number of benzene rings is 2. The highest BCUT2D eigenvalue weighted by molar-refractivity contribution is 6.47. The average molecular weight is 940 g/mol. The summed E-state index contributed by atoms with van der Waals surface area (Å²) in [6.07, 6.45) is 6.56. The summed E-state index contributed by atoms with van der Waals surface area (Å²) in [7, 11) is -0.517. The number of ketones is 4. The third-order valence-corrected chi connectivity index (χ3v) is 15.5. The quantitative estimate of drug-likeness (QED) is 0.0348. The van der Waals surface area contributed by atoms with Crippen molar-refractivity contribution < 1.29 is 43.2 Å². The van der Waals surface area contributed by atoms with Crippen LogP contribution >= 0.6 is 0 Å². The summed E-state index contributed by atoms with van der Waals surface area (Å²) in [6, 6.07) is 13.9. The number of aryl methyl sites for hydroxylation is 1. The highest BCUT2D eigenvalue weighted by Gasteiger charge is 2.68. The van der Waals surface area contributed by atoms with E-state index >= 15 is 0 Å². The normalized spacial score (nSPS) is 23.1. The van der Waals surface area contributed by atoms with Crippen molar-refractivity contribution in [3.05, 3.63) is 59.7 Å². The van der Waals surface area contributed by atoms with E-state index in [0.717, 1.165) is 43.2 Å². The molecule has 4 fully saturated rings. The summed E-state index contributed by atoms with van der Waals surface area (Å²) in [4.78, 5) is 81.4. The number of carbonyl (C=O) groups is 6. The molecule has 10 atom stereocenters. The van der Waals surface area contributed by atoms with Gasteiger partial charge in [0.05, 0.1) is 23.9 Å². The smallest absolute Gasteiger partial charge is 0.405 e. The van der Waals surface area contributed by atoms with Gasteiger partial charge in [0.25, 0.3) is 0 Å². The number of hydrogen-bond donors (Lipinski definition) is 4. The molecule has 12 nitrogen and oxygen atoms in total. The number of hydrogen-bond acceptors (Lipinski definition) is 10. The molecule has 4 aliphatic rings. The van der Waals surface area contributed by atoms with E-state index in [4.69, 9.17) is 15.0 Å². The molecule has 2 bridgehead atoms. The van der Waals surface area contributed by atoms with Gasteiger partial charge < -0.3 is 30.8 Å². The van der Waals surface area contributed by atoms with Crippen LogP contribution in [0.2, 0.25) is 5.82 Å². The van der Waals surface area contributed by atoms with Crippen molar-refractivity contribution in [3.8, 4) is 11.1 Å². The number of unbranched alkanes of at least 4 members (excludes halogenated alkanes) is 2. The van der Waals surface area contributed by atoms with Crippen LogP contribution in [-0.2, 0) is 39.7 Å². The Hall–Kier alpha value is -4.04. The number of Topliss-reactive ketones (excluding diaryl/α,β-unsaturated/α-hetero) is 4. The molecule has 1 saturated heterocycles. The lowest BCUT2D eigenvalue weighted by molar-refractivity contribution is -0.199. The molecule has 13 heteroatoms. The molecule has 2 amide bonds. The predicted octanol–water partition coefficient (Wildman–Crippen LogP) is 8.82. The summed E-state index contributed by atoms with van der Waals surface area (Å²) in [6.45, 7) is 18.3. The van der Waals surface area contributed by atoms with Crippen LogP contribution in [0, 0.1) is 35.0 Å². The van der Waals surface area contributed by atoms with Gasteiger partial charge in [-0.1, -0.05) is 110 Å². The third-order valence-electron chi connectivity index (χ3n) is 15.5. The van der Waals surface area contributed by atoms with E-state index in [-0.39, 0.29) is 78.3 Å². The van der Waals surface area contributed by atoms with Gasteiger partial charge in [0.1, 0.15) is 11.8 Å². The Morgan fingerprint density at radius 3 is 2.06 bits per heavy atom. The Labute approximate surface area is 406 Å². The Balaban J connectivity index is 1.10. The molecule has 2 aromatic carbocycles. The lowest BCUT2D eigenvalue weighted by atomic mass is 9.43. The fourth-order valence-electron chi connectivity index (χ4n) is 10.9. The number of amides is 2. The van der Waals surface area contributed by atoms with E-state index in [2.05, 4.69) is 62.6 Å². The second kappa shape index (κ2) is 24.7. The molecule has 2 unspecified atom stereocenters. The average Bonchev–Trinajstić information content (AvgIpc) is 3.67. The fraction of sp³-hybridized carbons (Fsp3) is 0.673. The molecule has 68 heavy (non-hydrogen) atoms. The Morgan fingerprint density at radius 2 is 1.46 bits per heavy atom. The lowest BCUT2D eigenvalue weighted by Gasteiger charge is -2.64. The van der Waals surface area contributed by atoms with Crippen molar-refractivity contribution in [2.24, 2.45) is 40.7 Å². The zero-order valence-electron chi connectivity index (χ0n) is 42.6. The minimum atomic E-state index is -1.32. The Bertz CT molecular complexity index is 2040. The first-order valence-corrected chi connectivity index (χ1v) is 25.8. The Kier molecular flexibility index (Phi) is 19.9. The van der Waals surface area contributed by atoms with Crippen molar-refractivity contribution in [1.82, 2.24) is 10.6 Å². The van der Waals surface area contributed by atoms with E-state index in [1.807, 2.05) is 45.0 Å². The molecule has 3 aliphatic carbocycles. The van der Waals surface area contributed by atoms with Gasteiger partial charge in [-0.2, -0.15) is 0 Å². The first-order chi connectivity index (χ1) is 32.2. The molecule has 0 aromatic heterocycles. The van der Waals surface area contributed by atoms with Gasteiger partial charge >= 0.3 is 7.12 Å². The van der Waals surface area contributed by atoms with Crippen LogP contribution in [0.1, 0.15) is 168 Å². The molecule has 0 spiro atoms. The molecule has 6 rings (SSSR count). The zero-order chi connectivity index (χ0) is 49.9. The number of aliphatic hydroxyl groups excluding tert-OH is 1. The summed E-state index contributed by atoms with van der Waals surface area (Å²) >= 11 is 0. The number of carbonyl (C=O) groups excluding carboxylic acids is 6. The topological polar surface area (TPSA) is 191 Å². The third kappa shape index (κ3) is 14.1. The van der Waals surface area contributed by atoms with Gasteiger partial charge in [-0.3, -0.25) is 28.8 Å². The summed E-state index contributed by atoms with van der Waals surface area (Å²) in [5, 5.41) is 16.3. The summed E-state index contributed by atoms with van der Waals surface area (Å²) in [5.74, 6) is -2.69. The van der Waals surface area contributed by atoms with Gasteiger partial charge in [0.15, 0.2) is 17.3 Å². The van der Waals surface area contributed by atoms with Crippen LogP contribution in [0.15, 0.2) is 48.5 Å². The number of aliphatic hydroxyl groups is 1. The monoisotopic (exact) mass is 940 g/mol. The van der Waals surface area contributed by atoms with Crippen LogP contribution < -0.4 is 16.4 Å². The van der Waals surface area contributed by atoms with Crippen LogP contribution in [0.25, 0.3) is 11.1 Å². The highest BCUT2D eigenvalue weighted by Crippen LogP contribution is 2.66. The maximum Gasteiger partial charge on any atom is 0.461 e. The molecule has 1 aliphatic heterocycles. The maximum atomic E-state index is 13.9. The van der Waals surface area contributed by atoms with E-state index < -0.39 is 54.7 Å². The molecular formula is C55H82BN3O9. The lowest BCUT2D eigenvalue weighted by Crippen LogP contribution is -2.65. The number of nitrogens with one attached hydrogen (secondary N) is 2. The Morgan fingerprint density at radius 1 is 0.794 bits per heavy atom. The first-order valence-electron chi connectivity index (χ1n) is 25.8. The van der Waals surface area contributed by atoms with Crippen LogP contribution in [-0.4, -0.2) is 83.6 Å². The summed E-state index contributed by atoms with van der Waals surface area (Å²) < 4.78 is 13.1. The van der Waals surface area contributed by atoms with Crippen molar-refractivity contribution in [2.45, 2.75) is 194 Å². The van der Waals surface area contributed by atoms with Crippen molar-refractivity contribution in [1.29, 1.82) is 0 Å². The minimum Gasteiger partial charge on any atom is -0.405 e. The largest absolute Gasteiger partial charge is 0.461 e. The van der Waals surface area contributed by atoms with Gasteiger partial charge in [0, 0.05) is 49.5 Å². The highest BCUT2D eigenvalue weighted by atomic mass is 16.7. The first kappa shape index (κ1) is 54.9. The molecule has 5 N–H and O–H groups in total. The molecule has 2 aromatic rings. The van der Waals surface area contributed by atoms with Gasteiger partial charge in [-0.15, -0.1) is 0 Å². The van der Waals surface area contributed by atoms with Gasteiger partial charge in [-0.25, -0.2) is 0 Å². The van der Waals surface area contributed by atoms with Crippen molar-refractivity contribution in [3.63, 3.8) is 0 Å². The molecular weight excluding hydrogens is 857 g/mol. The van der Waals surface area contributed by atoms with Crippen molar-refractivity contribution in [2.75, 3.05) is 6.54 Å². The standard InChI is InChI=1S/C55H82BN3O9/c1-10-11-15-38-19-21-39(22-20-38)40-23-25-41(26-24-40)46(62)18-14-17-44(61)31-42(16-12-13-27-57)53(66)59-51(37(6)60)48(64)29-35(4)52(65)58-45(28-34(2)3)47(63)30-36(5)56-67-50-33-43-32-49(54(43,7)8)55(50,9)68-56/h19-26,34-37,42-43,45,49-51,60H,10-18,27-33,57H2,1-9H3,(H,58,65)(H,59,66)/t35-,36-,37?,42-,43+,45+,49+,50?,51+,55+/m1/s1. The van der Waals surface area contributed by atoms with Crippen LogP contribution in [0.3, 0.4) is 0 Å². The molecule has 3 saturated carbocycles. The number of nitrogens with two attached hydrogens (primary N) is 1. The van der Waals surface area contributed by atoms with Crippen LogP contribution in [0.4, 0.5) is 0 Å². The van der Waals surface area contributed by atoms with Crippen LogP contribution in [0.5, 0.6) is 0 Å². The van der Waals surface area contributed by atoms with E-state index in [1.54, 1.807) is 6.92 Å². The SMILES string of the molecule is CCCCc1ccc(-c2ccc(C(=O)CCCC(=O)C[C@@H](CCCCN)C(=O)N[C@H](C(=O)C[C@@H](C)C(=O)N[C@@H](CC(C)C)C(=O)C[C@@H](C)B3OC4C[C@@H]5C[C@@H](C5(C)C)[C@]4(C)O3)C(C)O)cc2)cc1. The molecule has 0 radical (unpaired) electrons. The minimum absolute atomic E-state index is 0.000443. The fourth-order valence-corrected chi connectivity index (χ4v) is 10.9. The number of rotatable bonds is 29. The zero-order valence-corrected chi connectivity index (χ0v) is 42.6. The second-order valence-corrected chi connectivity index (χ2v) is 21.9. The maximum absolute atomic E-state index is 13.9. The van der Waals surface area contributed by atoms with Crippen molar-refractivity contribution >= 4 is 42.1 Å². The van der Waals surface area contributed by atoms with Gasteiger partial charge in [0.2, 0.25) is 11.8 Å². The summed E-state index contributed by atoms with van der Waals surface area (Å²) in [5.41, 5.74) is 9.54. The van der Waals surface area contributed by atoms with Gasteiger partial charge in [-0.05, 0) is 117 Å². The van der Waals surface area contributed by atoms with E-state index in [9.17, 15) is 33.9 Å². The molecule has 374 valence electrons. The predicted molar refractivity (Wildman–Crippen MR) is 268 cm³/mol. The molecule has 1 heterocycles. The van der Waals surface area contributed by atoms with E-state index in [1.165, 1.54) is 12.5 Å². The second-order valence-electron chi connectivity index (χ2n) is 21.9.